The van der Waals surface area contributed by atoms with Crippen molar-refractivity contribution in [3.63, 3.8) is 0 Å². The molecule has 0 spiro atoms. The Kier molecular flexibility index (Phi) is 3.97. The molecule has 1 aromatic carbocycles. The van der Waals surface area contributed by atoms with Gasteiger partial charge in [0.2, 0.25) is 0 Å². The van der Waals surface area contributed by atoms with Gasteiger partial charge in [0.25, 0.3) is 0 Å². The van der Waals surface area contributed by atoms with Gasteiger partial charge in [-0.3, -0.25) is 0 Å². The Hall–Kier alpha value is -0.560. The highest BCUT2D eigenvalue weighted by atomic mass is 127. The van der Waals surface area contributed by atoms with E-state index in [0.717, 1.165) is 24.6 Å². The molecule has 102 valence electrons. The number of carbonyl (C=O) groups excluding carboxylic acids is 1. The first-order valence-corrected chi connectivity index (χ1v) is 7.77. The van der Waals surface area contributed by atoms with Gasteiger partial charge in [0.15, 0.2) is 0 Å². The lowest BCUT2D eigenvalue weighted by atomic mass is 10.2. The molecule has 1 aromatic heterocycles. The predicted octanol–water partition coefficient (Wildman–Crippen LogP) is 5.10. The number of hydrogen-bond acceptors (Lipinski definition) is 2. The van der Waals surface area contributed by atoms with Gasteiger partial charge in [-0.05, 0) is 68.5 Å². The Morgan fingerprint density at radius 3 is 2.58 bits per heavy atom. The van der Waals surface area contributed by atoms with Crippen LogP contribution < -0.4 is 0 Å². The zero-order valence-electron chi connectivity index (χ0n) is 11.3. The summed E-state index contributed by atoms with van der Waals surface area (Å²) in [6, 6.07) is 5.88. The third kappa shape index (κ3) is 2.97. The fourth-order valence-corrected chi connectivity index (χ4v) is 2.93. The van der Waals surface area contributed by atoms with Gasteiger partial charge >= 0.3 is 6.09 Å². The largest absolute Gasteiger partial charge is 0.443 e. The van der Waals surface area contributed by atoms with Crippen molar-refractivity contribution in [2.75, 3.05) is 0 Å². The molecule has 0 aliphatic carbocycles. The molecule has 0 aliphatic heterocycles. The van der Waals surface area contributed by atoms with Crippen LogP contribution in [0.25, 0.3) is 10.9 Å². The Morgan fingerprint density at radius 2 is 2.00 bits per heavy atom. The first kappa shape index (κ1) is 14.8. The smallest absolute Gasteiger partial charge is 0.419 e. The van der Waals surface area contributed by atoms with Crippen molar-refractivity contribution in [2.24, 2.45) is 0 Å². The summed E-state index contributed by atoms with van der Waals surface area (Å²) in [7, 11) is 0. The van der Waals surface area contributed by atoms with Crippen molar-refractivity contribution in [1.29, 1.82) is 0 Å². The average Bonchev–Trinajstić information content (AvgIpc) is 2.50. The van der Waals surface area contributed by atoms with E-state index in [1.165, 1.54) is 0 Å². The van der Waals surface area contributed by atoms with Crippen LogP contribution in [-0.4, -0.2) is 16.3 Å². The molecule has 0 fully saturated rings. The summed E-state index contributed by atoms with van der Waals surface area (Å²) in [5.74, 6) is 0. The van der Waals surface area contributed by atoms with E-state index < -0.39 is 5.60 Å². The number of fused-ring (bicyclic) bond motifs is 1. The van der Waals surface area contributed by atoms with E-state index in [1.54, 1.807) is 4.57 Å². The monoisotopic (exact) mass is 435 g/mol. The minimum absolute atomic E-state index is 0.333. The topological polar surface area (TPSA) is 31.2 Å². The van der Waals surface area contributed by atoms with Gasteiger partial charge in [-0.25, -0.2) is 9.36 Å². The van der Waals surface area contributed by atoms with Gasteiger partial charge in [0, 0.05) is 19.1 Å². The van der Waals surface area contributed by atoms with Gasteiger partial charge in [-0.2, -0.15) is 0 Å². The Bertz CT molecular complexity index is 655. The maximum Gasteiger partial charge on any atom is 0.419 e. The second kappa shape index (κ2) is 5.09. The summed E-state index contributed by atoms with van der Waals surface area (Å²) < 4.78 is 9.17. The molecule has 2 rings (SSSR count). The number of halogens is 2. The molecular weight excluding hydrogens is 421 g/mol. The van der Waals surface area contributed by atoms with E-state index >= 15 is 0 Å². The highest BCUT2D eigenvalue weighted by Gasteiger charge is 2.22. The molecule has 0 saturated heterocycles. The van der Waals surface area contributed by atoms with Crippen molar-refractivity contribution < 1.29 is 9.53 Å². The minimum atomic E-state index is -0.499. The number of ether oxygens (including phenoxy) is 1. The molecule has 1 heterocycles. The molecule has 0 radical (unpaired) electrons. The lowest BCUT2D eigenvalue weighted by molar-refractivity contribution is 0.0541. The first-order valence-electron chi connectivity index (χ1n) is 5.90. The van der Waals surface area contributed by atoms with E-state index in [9.17, 15) is 4.79 Å². The molecule has 0 saturated carbocycles. The predicted molar refractivity (Wildman–Crippen MR) is 88.7 cm³/mol. The van der Waals surface area contributed by atoms with Crippen LogP contribution in [-0.2, 0) is 4.74 Å². The summed E-state index contributed by atoms with van der Waals surface area (Å²) >= 11 is 5.72. The van der Waals surface area contributed by atoms with E-state index in [1.807, 2.05) is 45.9 Å². The van der Waals surface area contributed by atoms with Crippen molar-refractivity contribution in [2.45, 2.75) is 33.3 Å². The maximum absolute atomic E-state index is 12.3. The molecule has 0 N–H and O–H groups in total. The summed E-state index contributed by atoms with van der Waals surface area (Å²) in [6.45, 7) is 7.54. The van der Waals surface area contributed by atoms with Crippen LogP contribution in [0.3, 0.4) is 0 Å². The summed E-state index contributed by atoms with van der Waals surface area (Å²) in [6.07, 6.45) is -0.333. The summed E-state index contributed by atoms with van der Waals surface area (Å²) in [5.41, 5.74) is 1.28. The summed E-state index contributed by atoms with van der Waals surface area (Å²) in [5, 5.41) is 1.05. The molecule has 5 heteroatoms. The fourth-order valence-electron chi connectivity index (χ4n) is 1.90. The highest BCUT2D eigenvalue weighted by Crippen LogP contribution is 2.30. The number of aromatic nitrogens is 1. The van der Waals surface area contributed by atoms with Crippen LogP contribution in [0.1, 0.15) is 26.5 Å². The molecule has 0 aliphatic rings. The van der Waals surface area contributed by atoms with Gasteiger partial charge in [0.05, 0.1) is 5.52 Å². The highest BCUT2D eigenvalue weighted by molar-refractivity contribution is 14.1. The molecule has 19 heavy (non-hydrogen) atoms. The van der Waals surface area contributed by atoms with Crippen LogP contribution in [0, 0.1) is 10.5 Å². The zero-order valence-corrected chi connectivity index (χ0v) is 15.0. The van der Waals surface area contributed by atoms with Crippen molar-refractivity contribution in [1.82, 2.24) is 4.57 Å². The molecule has 0 atom stereocenters. The van der Waals surface area contributed by atoms with Crippen LogP contribution in [0.15, 0.2) is 22.7 Å². The molecule has 0 unspecified atom stereocenters. The zero-order chi connectivity index (χ0) is 14.4. The number of benzene rings is 1. The van der Waals surface area contributed by atoms with Crippen molar-refractivity contribution in [3.8, 4) is 0 Å². The maximum atomic E-state index is 12.3. The fraction of sp³-hybridized carbons (Fsp3) is 0.357. The average molecular weight is 436 g/mol. The molecular formula is C14H15BrINO2. The quantitative estimate of drug-likeness (QED) is 0.539. The molecule has 0 amide bonds. The van der Waals surface area contributed by atoms with Gasteiger partial charge < -0.3 is 4.74 Å². The lowest BCUT2D eigenvalue weighted by Gasteiger charge is -2.20. The number of nitrogens with zero attached hydrogens (tertiary/aromatic N) is 1. The lowest BCUT2D eigenvalue weighted by Crippen LogP contribution is -2.27. The van der Waals surface area contributed by atoms with Crippen molar-refractivity contribution >= 4 is 55.5 Å². The number of carbonyl (C=O) groups is 1. The Morgan fingerprint density at radius 1 is 1.37 bits per heavy atom. The van der Waals surface area contributed by atoms with E-state index in [4.69, 9.17) is 4.74 Å². The SMILES string of the molecule is Cc1c(I)c2cc(Br)ccc2n1C(=O)OC(C)(C)C. The third-order valence-electron chi connectivity index (χ3n) is 2.67. The second-order valence-corrected chi connectivity index (χ2v) is 7.37. The van der Waals surface area contributed by atoms with Gasteiger partial charge in [-0.15, -0.1) is 0 Å². The Balaban J connectivity index is 2.61. The normalized spacial score (nSPS) is 11.9. The van der Waals surface area contributed by atoms with E-state index in [2.05, 4.69) is 38.5 Å². The second-order valence-electron chi connectivity index (χ2n) is 5.38. The van der Waals surface area contributed by atoms with Crippen LogP contribution in [0.5, 0.6) is 0 Å². The van der Waals surface area contributed by atoms with E-state index in [0.29, 0.717) is 0 Å². The van der Waals surface area contributed by atoms with Crippen molar-refractivity contribution in [3.05, 3.63) is 31.9 Å². The van der Waals surface area contributed by atoms with Gasteiger partial charge in [-0.1, -0.05) is 15.9 Å². The molecule has 2 aromatic rings. The number of rotatable bonds is 0. The third-order valence-corrected chi connectivity index (χ3v) is 4.52. The van der Waals surface area contributed by atoms with Crippen LogP contribution in [0.2, 0.25) is 0 Å². The molecule has 3 nitrogen and oxygen atoms in total. The Labute approximate surface area is 134 Å². The number of hydrogen-bond donors (Lipinski definition) is 0. The van der Waals surface area contributed by atoms with Gasteiger partial charge in [0.1, 0.15) is 5.60 Å². The molecule has 0 bridgehead atoms. The first-order chi connectivity index (χ1) is 8.70. The van der Waals surface area contributed by atoms with Crippen LogP contribution in [0.4, 0.5) is 4.79 Å². The summed E-state index contributed by atoms with van der Waals surface area (Å²) in [4.78, 5) is 12.3. The standard InChI is InChI=1S/C14H15BrINO2/c1-8-12(16)10-7-9(15)5-6-11(10)17(8)13(18)19-14(2,3)4/h5-7H,1-4H3. The van der Waals surface area contributed by atoms with Crippen LogP contribution >= 0.6 is 38.5 Å². The van der Waals surface area contributed by atoms with E-state index in [-0.39, 0.29) is 6.09 Å². The minimum Gasteiger partial charge on any atom is -0.443 e.